The lowest BCUT2D eigenvalue weighted by atomic mass is 10.0. The van der Waals surface area contributed by atoms with Gasteiger partial charge in [-0.1, -0.05) is 48.5 Å². The maximum absolute atomic E-state index is 13.0. The Morgan fingerprint density at radius 1 is 0.917 bits per heavy atom. The topological polar surface area (TPSA) is 23.6 Å². The smallest absolute Gasteiger partial charge is 0.254 e. The summed E-state index contributed by atoms with van der Waals surface area (Å²) in [5.74, 6) is 0.173. The van der Waals surface area contributed by atoms with Crippen molar-refractivity contribution in [3.63, 3.8) is 0 Å². The molecule has 1 saturated carbocycles. The molecule has 2 aromatic rings. The van der Waals surface area contributed by atoms with E-state index in [9.17, 15) is 4.79 Å². The molecule has 0 bridgehead atoms. The summed E-state index contributed by atoms with van der Waals surface area (Å²) in [7, 11) is 0. The number of piperazine rings is 1. The highest BCUT2D eigenvalue weighted by atomic mass is 16.2. The summed E-state index contributed by atoms with van der Waals surface area (Å²) < 4.78 is 0. The van der Waals surface area contributed by atoms with Crippen molar-refractivity contribution < 1.29 is 4.79 Å². The van der Waals surface area contributed by atoms with Gasteiger partial charge in [-0.15, -0.1) is 0 Å². The third-order valence-electron chi connectivity index (χ3n) is 5.17. The van der Waals surface area contributed by atoms with E-state index in [4.69, 9.17) is 0 Å². The van der Waals surface area contributed by atoms with Crippen LogP contribution >= 0.6 is 0 Å². The molecule has 0 N–H and O–H groups in total. The van der Waals surface area contributed by atoms with Gasteiger partial charge < -0.3 is 4.90 Å². The lowest BCUT2D eigenvalue weighted by molar-refractivity contribution is 0.0437. The van der Waals surface area contributed by atoms with Crippen LogP contribution in [0, 0.1) is 0 Å². The van der Waals surface area contributed by atoms with Crippen molar-refractivity contribution in [3.8, 4) is 0 Å². The molecule has 1 aliphatic carbocycles. The van der Waals surface area contributed by atoms with E-state index in [-0.39, 0.29) is 11.9 Å². The maximum Gasteiger partial charge on any atom is 0.254 e. The number of carbonyl (C=O) groups excluding carboxylic acids is 1. The molecule has 0 spiro atoms. The Kier molecular flexibility index (Phi) is 4.35. The summed E-state index contributed by atoms with van der Waals surface area (Å²) in [6, 6.07) is 21.3. The first-order valence-electron chi connectivity index (χ1n) is 8.95. The van der Waals surface area contributed by atoms with Gasteiger partial charge in [0.1, 0.15) is 0 Å². The summed E-state index contributed by atoms with van der Waals surface area (Å²) in [5, 5.41) is 0. The molecule has 24 heavy (non-hydrogen) atoms. The molecule has 2 fully saturated rings. The molecule has 1 unspecified atom stereocenters. The summed E-state index contributed by atoms with van der Waals surface area (Å²) in [6.07, 6.45) is 3.58. The summed E-state index contributed by atoms with van der Waals surface area (Å²) in [6.45, 7) is 2.84. The summed E-state index contributed by atoms with van der Waals surface area (Å²) >= 11 is 0. The summed E-state index contributed by atoms with van der Waals surface area (Å²) in [4.78, 5) is 17.7. The minimum Gasteiger partial charge on any atom is -0.333 e. The largest absolute Gasteiger partial charge is 0.333 e. The Morgan fingerprint density at radius 3 is 2.25 bits per heavy atom. The molecule has 1 aliphatic heterocycles. The van der Waals surface area contributed by atoms with Crippen LogP contribution in [0.3, 0.4) is 0 Å². The fourth-order valence-electron chi connectivity index (χ4n) is 3.73. The Bertz CT molecular complexity index is 681. The lowest BCUT2D eigenvalue weighted by Gasteiger charge is -2.42. The van der Waals surface area contributed by atoms with Gasteiger partial charge in [-0.3, -0.25) is 9.69 Å². The molecule has 124 valence electrons. The Morgan fingerprint density at radius 2 is 1.58 bits per heavy atom. The second-order valence-electron chi connectivity index (χ2n) is 6.93. The average Bonchev–Trinajstić information content (AvgIpc) is 3.48. The molecule has 3 nitrogen and oxygen atoms in total. The molecule has 4 rings (SSSR count). The van der Waals surface area contributed by atoms with Crippen LogP contribution in [-0.2, 0) is 6.42 Å². The number of benzene rings is 2. The fourth-order valence-corrected chi connectivity index (χ4v) is 3.73. The highest BCUT2D eigenvalue weighted by Gasteiger charge is 2.37. The molecular formula is C21H24N2O. The second kappa shape index (κ2) is 6.78. The van der Waals surface area contributed by atoms with Crippen LogP contribution in [0.4, 0.5) is 0 Å². The van der Waals surface area contributed by atoms with E-state index >= 15 is 0 Å². The third kappa shape index (κ3) is 3.36. The zero-order valence-electron chi connectivity index (χ0n) is 14.0. The monoisotopic (exact) mass is 320 g/mol. The molecule has 1 atom stereocenters. The van der Waals surface area contributed by atoms with Crippen LogP contribution in [-0.4, -0.2) is 47.4 Å². The van der Waals surface area contributed by atoms with E-state index in [1.165, 1.54) is 18.4 Å². The second-order valence-corrected chi connectivity index (χ2v) is 6.93. The predicted octanol–water partition coefficient (Wildman–Crippen LogP) is 3.22. The maximum atomic E-state index is 13.0. The van der Waals surface area contributed by atoms with Crippen molar-refractivity contribution in [2.24, 2.45) is 0 Å². The number of nitrogens with zero attached hydrogens (tertiary/aromatic N) is 2. The number of carbonyl (C=O) groups is 1. The Hall–Kier alpha value is -2.13. The van der Waals surface area contributed by atoms with Crippen LogP contribution in [0.2, 0.25) is 0 Å². The van der Waals surface area contributed by atoms with Gasteiger partial charge in [0.05, 0.1) is 0 Å². The van der Waals surface area contributed by atoms with E-state index in [2.05, 4.69) is 34.1 Å². The van der Waals surface area contributed by atoms with E-state index < -0.39 is 0 Å². The lowest BCUT2D eigenvalue weighted by Crippen LogP contribution is -2.56. The molecule has 2 aromatic carbocycles. The first-order chi connectivity index (χ1) is 11.8. The molecule has 1 saturated heterocycles. The van der Waals surface area contributed by atoms with Crippen LogP contribution in [0.25, 0.3) is 0 Å². The van der Waals surface area contributed by atoms with E-state index in [0.29, 0.717) is 0 Å². The van der Waals surface area contributed by atoms with Crippen molar-refractivity contribution in [1.82, 2.24) is 9.80 Å². The quantitative estimate of drug-likeness (QED) is 0.863. The molecule has 1 heterocycles. The number of amides is 1. The van der Waals surface area contributed by atoms with Crippen molar-refractivity contribution in [2.75, 3.05) is 19.6 Å². The standard InChI is InChI=1S/C21H24N2O/c24-21(18-9-5-2-6-10-18)23-14-13-22(19-11-12-19)16-20(23)15-17-7-3-1-4-8-17/h1-10,19-20H,11-16H2. The van der Waals surface area contributed by atoms with Gasteiger partial charge in [0.15, 0.2) is 0 Å². The highest BCUT2D eigenvalue weighted by molar-refractivity contribution is 5.94. The minimum absolute atomic E-state index is 0.173. The van der Waals surface area contributed by atoms with Crippen molar-refractivity contribution in [3.05, 3.63) is 71.8 Å². The molecule has 3 heteroatoms. The van der Waals surface area contributed by atoms with Crippen LogP contribution < -0.4 is 0 Å². The highest BCUT2D eigenvalue weighted by Crippen LogP contribution is 2.30. The molecule has 0 aromatic heterocycles. The van der Waals surface area contributed by atoms with Gasteiger partial charge in [-0.2, -0.15) is 0 Å². The zero-order chi connectivity index (χ0) is 16.4. The van der Waals surface area contributed by atoms with Gasteiger partial charge in [-0.05, 0) is 37.0 Å². The van der Waals surface area contributed by atoms with Crippen LogP contribution in [0.1, 0.15) is 28.8 Å². The first-order valence-corrected chi connectivity index (χ1v) is 8.95. The SMILES string of the molecule is O=C(c1ccccc1)N1CCN(C2CC2)CC1Cc1ccccc1. The van der Waals surface area contributed by atoms with Crippen molar-refractivity contribution >= 4 is 5.91 Å². The number of hydrogen-bond donors (Lipinski definition) is 0. The van der Waals surface area contributed by atoms with E-state index in [0.717, 1.165) is 37.7 Å². The van der Waals surface area contributed by atoms with Gasteiger partial charge in [0, 0.05) is 37.3 Å². The van der Waals surface area contributed by atoms with Crippen LogP contribution in [0.15, 0.2) is 60.7 Å². The van der Waals surface area contributed by atoms with E-state index in [1.807, 2.05) is 36.4 Å². The van der Waals surface area contributed by atoms with Crippen molar-refractivity contribution in [2.45, 2.75) is 31.3 Å². The Labute approximate surface area is 143 Å². The third-order valence-corrected chi connectivity index (χ3v) is 5.17. The van der Waals surface area contributed by atoms with Crippen LogP contribution in [0.5, 0.6) is 0 Å². The van der Waals surface area contributed by atoms with E-state index in [1.54, 1.807) is 0 Å². The minimum atomic E-state index is 0.173. The van der Waals surface area contributed by atoms with Gasteiger partial charge in [0.25, 0.3) is 5.91 Å². The summed E-state index contributed by atoms with van der Waals surface area (Å²) in [5.41, 5.74) is 2.11. The zero-order valence-corrected chi connectivity index (χ0v) is 14.0. The fraction of sp³-hybridized carbons (Fsp3) is 0.381. The Balaban J connectivity index is 1.55. The molecule has 2 aliphatic rings. The molecule has 0 radical (unpaired) electrons. The first kappa shape index (κ1) is 15.4. The number of hydrogen-bond acceptors (Lipinski definition) is 2. The average molecular weight is 320 g/mol. The van der Waals surface area contributed by atoms with Crippen molar-refractivity contribution in [1.29, 1.82) is 0 Å². The van der Waals surface area contributed by atoms with Gasteiger partial charge >= 0.3 is 0 Å². The predicted molar refractivity (Wildman–Crippen MR) is 96.0 cm³/mol. The molecular weight excluding hydrogens is 296 g/mol. The molecule has 1 amide bonds. The normalized spacial score (nSPS) is 21.7. The number of rotatable bonds is 4. The van der Waals surface area contributed by atoms with Gasteiger partial charge in [0.2, 0.25) is 0 Å². The van der Waals surface area contributed by atoms with Gasteiger partial charge in [-0.25, -0.2) is 0 Å².